The predicted octanol–water partition coefficient (Wildman–Crippen LogP) is 2.19. The highest BCUT2D eigenvalue weighted by Gasteiger charge is 2.30. The lowest BCUT2D eigenvalue weighted by Crippen LogP contribution is -2.31. The smallest absolute Gasteiger partial charge is 0.161 e. The molecule has 0 aliphatic carbocycles. The molecule has 1 atom stereocenters. The fourth-order valence-corrected chi connectivity index (χ4v) is 3.05. The number of hydrogen-bond acceptors (Lipinski definition) is 4. The van der Waals surface area contributed by atoms with E-state index in [9.17, 15) is 0 Å². The first-order valence-corrected chi connectivity index (χ1v) is 7.41. The van der Waals surface area contributed by atoms with E-state index in [1.54, 1.807) is 0 Å². The average Bonchev–Trinajstić information content (AvgIpc) is 2.77. The largest absolute Gasteiger partial charge is 0.486 e. The number of hydrogen-bond donors (Lipinski definition) is 1. The topological polar surface area (TPSA) is 47.7 Å². The third kappa shape index (κ3) is 2.91. The number of nitrogens with two attached hydrogens (primary N) is 1. The zero-order valence-corrected chi connectivity index (χ0v) is 12.4. The van der Waals surface area contributed by atoms with Crippen LogP contribution in [0.2, 0.25) is 0 Å². The molecular weight excluding hydrogens is 252 g/mol. The molecule has 0 amide bonds. The van der Waals surface area contributed by atoms with E-state index in [4.69, 9.17) is 15.2 Å². The van der Waals surface area contributed by atoms with Gasteiger partial charge in [0.1, 0.15) is 13.2 Å². The minimum Gasteiger partial charge on any atom is -0.486 e. The van der Waals surface area contributed by atoms with Crippen LogP contribution in [0.3, 0.4) is 0 Å². The first kappa shape index (κ1) is 13.7. The summed E-state index contributed by atoms with van der Waals surface area (Å²) in [4.78, 5) is 2.46. The van der Waals surface area contributed by atoms with Crippen molar-refractivity contribution in [3.05, 3.63) is 23.8 Å². The van der Waals surface area contributed by atoms with Crippen LogP contribution in [0.25, 0.3) is 0 Å². The molecule has 0 spiro atoms. The molecule has 1 unspecified atom stereocenters. The van der Waals surface area contributed by atoms with Gasteiger partial charge < -0.3 is 20.1 Å². The van der Waals surface area contributed by atoms with Crippen molar-refractivity contribution >= 4 is 0 Å². The molecule has 2 aliphatic rings. The van der Waals surface area contributed by atoms with E-state index in [1.807, 2.05) is 12.1 Å². The number of nitrogens with zero attached hydrogens (tertiary/aromatic N) is 1. The van der Waals surface area contributed by atoms with Gasteiger partial charge in [-0.2, -0.15) is 0 Å². The van der Waals surface area contributed by atoms with Gasteiger partial charge in [0.2, 0.25) is 0 Å². The van der Waals surface area contributed by atoms with Crippen molar-refractivity contribution in [3.8, 4) is 11.5 Å². The summed E-state index contributed by atoms with van der Waals surface area (Å²) < 4.78 is 11.2. The van der Waals surface area contributed by atoms with Crippen LogP contribution in [0.4, 0.5) is 0 Å². The second kappa shape index (κ2) is 5.26. The molecule has 4 nitrogen and oxygen atoms in total. The highest BCUT2D eigenvalue weighted by Crippen LogP contribution is 2.33. The van der Waals surface area contributed by atoms with Gasteiger partial charge in [0.15, 0.2) is 11.5 Å². The first-order chi connectivity index (χ1) is 9.53. The molecule has 0 radical (unpaired) electrons. The molecule has 3 rings (SSSR count). The van der Waals surface area contributed by atoms with Crippen LogP contribution in [-0.2, 0) is 0 Å². The van der Waals surface area contributed by atoms with E-state index < -0.39 is 0 Å². The quantitative estimate of drug-likeness (QED) is 0.919. The van der Waals surface area contributed by atoms with Gasteiger partial charge >= 0.3 is 0 Å². The monoisotopic (exact) mass is 276 g/mol. The number of benzene rings is 1. The van der Waals surface area contributed by atoms with Crippen LogP contribution in [0.15, 0.2) is 18.2 Å². The minimum absolute atomic E-state index is 0.0275. The number of rotatable bonds is 3. The van der Waals surface area contributed by atoms with Crippen molar-refractivity contribution in [1.29, 1.82) is 0 Å². The molecule has 0 saturated carbocycles. The first-order valence-electron chi connectivity index (χ1n) is 7.41. The molecule has 1 fully saturated rings. The molecular formula is C16H24N2O2. The minimum atomic E-state index is 0.0275. The maximum absolute atomic E-state index is 6.36. The van der Waals surface area contributed by atoms with Crippen LogP contribution in [-0.4, -0.2) is 37.7 Å². The molecule has 2 aliphatic heterocycles. The summed E-state index contributed by atoms with van der Waals surface area (Å²) in [5.41, 5.74) is 7.91. The zero-order chi connectivity index (χ0) is 14.2. The SMILES string of the molecule is CC1(C)CCN(CC(N)c2ccc3c(c2)OCCO3)C1. The standard InChI is InChI=1S/C16H24N2O2/c1-16(2)5-6-18(11-16)10-13(17)12-3-4-14-15(9-12)20-8-7-19-14/h3-4,9,13H,5-8,10-11,17H2,1-2H3. The molecule has 2 heterocycles. The summed E-state index contributed by atoms with van der Waals surface area (Å²) in [6.07, 6.45) is 1.25. The summed E-state index contributed by atoms with van der Waals surface area (Å²) in [7, 11) is 0. The summed E-state index contributed by atoms with van der Waals surface area (Å²) >= 11 is 0. The van der Waals surface area contributed by atoms with Crippen LogP contribution < -0.4 is 15.2 Å². The Morgan fingerprint density at radius 2 is 2.00 bits per heavy atom. The van der Waals surface area contributed by atoms with Gasteiger partial charge in [-0.05, 0) is 36.1 Å². The summed E-state index contributed by atoms with van der Waals surface area (Å²) in [6.45, 7) is 9.07. The van der Waals surface area contributed by atoms with Gasteiger partial charge in [0, 0.05) is 19.1 Å². The lowest BCUT2D eigenvalue weighted by atomic mass is 9.93. The highest BCUT2D eigenvalue weighted by atomic mass is 16.6. The van der Waals surface area contributed by atoms with Gasteiger partial charge in [0.25, 0.3) is 0 Å². The van der Waals surface area contributed by atoms with Gasteiger partial charge in [-0.3, -0.25) is 0 Å². The van der Waals surface area contributed by atoms with E-state index >= 15 is 0 Å². The number of fused-ring (bicyclic) bond motifs is 1. The van der Waals surface area contributed by atoms with Crippen molar-refractivity contribution in [2.45, 2.75) is 26.3 Å². The Hall–Kier alpha value is -1.26. The summed E-state index contributed by atoms with van der Waals surface area (Å²) in [5, 5.41) is 0. The zero-order valence-electron chi connectivity index (χ0n) is 12.4. The Bertz CT molecular complexity index is 487. The molecule has 110 valence electrons. The van der Waals surface area contributed by atoms with Gasteiger partial charge in [0.05, 0.1) is 0 Å². The van der Waals surface area contributed by atoms with Crippen molar-refractivity contribution in [3.63, 3.8) is 0 Å². The molecule has 0 aromatic heterocycles. The normalized spacial score (nSPS) is 22.8. The molecule has 2 N–H and O–H groups in total. The van der Waals surface area contributed by atoms with Crippen molar-refractivity contribution in [2.24, 2.45) is 11.1 Å². The van der Waals surface area contributed by atoms with Crippen LogP contribution in [0, 0.1) is 5.41 Å². The van der Waals surface area contributed by atoms with Crippen LogP contribution in [0.1, 0.15) is 31.9 Å². The third-order valence-electron chi connectivity index (χ3n) is 4.21. The Labute approximate surface area is 120 Å². The van der Waals surface area contributed by atoms with E-state index in [-0.39, 0.29) is 6.04 Å². The fraction of sp³-hybridized carbons (Fsp3) is 0.625. The Morgan fingerprint density at radius 3 is 2.70 bits per heavy atom. The van der Waals surface area contributed by atoms with Crippen molar-refractivity contribution in [1.82, 2.24) is 4.90 Å². The number of likely N-dealkylation sites (tertiary alicyclic amines) is 1. The van der Waals surface area contributed by atoms with E-state index in [0.29, 0.717) is 18.6 Å². The predicted molar refractivity (Wildman–Crippen MR) is 79.2 cm³/mol. The Balaban J connectivity index is 1.66. The van der Waals surface area contributed by atoms with E-state index in [2.05, 4.69) is 24.8 Å². The summed E-state index contributed by atoms with van der Waals surface area (Å²) in [6, 6.07) is 6.08. The maximum Gasteiger partial charge on any atom is 0.161 e. The van der Waals surface area contributed by atoms with Crippen molar-refractivity contribution < 1.29 is 9.47 Å². The fourth-order valence-electron chi connectivity index (χ4n) is 3.05. The van der Waals surface area contributed by atoms with Crippen molar-refractivity contribution in [2.75, 3.05) is 32.8 Å². The number of ether oxygens (including phenoxy) is 2. The van der Waals surface area contributed by atoms with E-state index in [0.717, 1.165) is 36.7 Å². The molecule has 0 bridgehead atoms. The lowest BCUT2D eigenvalue weighted by Gasteiger charge is -2.24. The second-order valence-electron chi connectivity index (χ2n) is 6.66. The van der Waals surface area contributed by atoms with Gasteiger partial charge in [-0.1, -0.05) is 19.9 Å². The second-order valence-corrected chi connectivity index (χ2v) is 6.66. The van der Waals surface area contributed by atoms with E-state index in [1.165, 1.54) is 6.42 Å². The highest BCUT2D eigenvalue weighted by molar-refractivity contribution is 5.44. The maximum atomic E-state index is 6.36. The summed E-state index contributed by atoms with van der Waals surface area (Å²) in [5.74, 6) is 1.65. The lowest BCUT2D eigenvalue weighted by molar-refractivity contribution is 0.171. The molecule has 1 aromatic carbocycles. The third-order valence-corrected chi connectivity index (χ3v) is 4.21. The molecule has 1 saturated heterocycles. The van der Waals surface area contributed by atoms with Gasteiger partial charge in [-0.15, -0.1) is 0 Å². The molecule has 4 heteroatoms. The van der Waals surface area contributed by atoms with Crippen LogP contribution in [0.5, 0.6) is 11.5 Å². The van der Waals surface area contributed by atoms with Crippen LogP contribution >= 0.6 is 0 Å². The molecule has 1 aromatic rings. The Morgan fingerprint density at radius 1 is 1.25 bits per heavy atom. The molecule has 20 heavy (non-hydrogen) atoms. The Kier molecular flexibility index (Phi) is 3.61. The average molecular weight is 276 g/mol. The van der Waals surface area contributed by atoms with Gasteiger partial charge in [-0.25, -0.2) is 0 Å².